The van der Waals surface area contributed by atoms with Gasteiger partial charge in [-0.1, -0.05) is 220 Å². The van der Waals surface area contributed by atoms with E-state index in [1.54, 1.807) is 0 Å². The molecule has 0 aliphatic rings. The van der Waals surface area contributed by atoms with Crippen molar-refractivity contribution in [1.29, 1.82) is 0 Å². The third-order valence-electron chi connectivity index (χ3n) is 11.7. The molecule has 3 N–H and O–H groups in total. The van der Waals surface area contributed by atoms with Crippen LogP contribution in [0, 0.1) is 11.8 Å². The number of hydrogen-bond donors (Lipinski definition) is 3. The molecule has 0 spiro atoms. The normalized spacial score (nSPS) is 14.4. The Balaban J connectivity index is 4.42. The Labute approximate surface area is 322 Å². The molecule has 4 unspecified atom stereocenters. The van der Waals surface area contributed by atoms with Gasteiger partial charge in [0.25, 0.3) is 0 Å². The number of aliphatic hydroxyl groups excluding tert-OH is 3. The minimum absolute atomic E-state index is 0.252. The summed E-state index contributed by atoms with van der Waals surface area (Å²) in [5, 5.41) is 31.2. The third kappa shape index (κ3) is 36.6. The highest BCUT2D eigenvalue weighted by Crippen LogP contribution is 2.26. The molecule has 0 saturated carbocycles. The fourth-order valence-electron chi connectivity index (χ4n) is 8.30. The highest BCUT2D eigenvalue weighted by Gasteiger charge is 2.16. The first-order valence-corrected chi connectivity index (χ1v) is 23.7. The molecule has 0 fully saturated rings. The lowest BCUT2D eigenvalue weighted by atomic mass is 9.89. The lowest BCUT2D eigenvalue weighted by molar-refractivity contribution is 0.0594. The topological polar surface area (TPSA) is 63.9 Å². The van der Waals surface area contributed by atoms with Crippen molar-refractivity contribution in [1.82, 2.24) is 4.90 Å². The maximum Gasteiger partial charge on any atom is 0.0667 e. The first-order chi connectivity index (χ1) is 25.0. The number of unbranched alkanes of at least 4 members (excludes halogenated alkanes) is 20. The largest absolute Gasteiger partial charge is 0.396 e. The first-order valence-electron chi connectivity index (χ1n) is 23.7. The number of hydrogen-bond acceptors (Lipinski definition) is 4. The molecule has 0 bridgehead atoms. The summed E-state index contributed by atoms with van der Waals surface area (Å²) >= 11 is 0. The molecule has 0 aromatic heterocycles. The van der Waals surface area contributed by atoms with Crippen LogP contribution in [0.3, 0.4) is 0 Å². The maximum absolute atomic E-state index is 11.0. The van der Waals surface area contributed by atoms with E-state index in [9.17, 15) is 15.3 Å². The van der Waals surface area contributed by atoms with Gasteiger partial charge in [-0.05, 0) is 50.5 Å². The average molecular weight is 724 g/mol. The van der Waals surface area contributed by atoms with Crippen molar-refractivity contribution in [2.45, 2.75) is 265 Å². The van der Waals surface area contributed by atoms with E-state index in [4.69, 9.17) is 0 Å². The molecule has 51 heavy (non-hydrogen) atoms. The lowest BCUT2D eigenvalue weighted by Crippen LogP contribution is -2.38. The predicted octanol–water partition coefficient (Wildman–Crippen LogP) is 14.0. The summed E-state index contributed by atoms with van der Waals surface area (Å²) in [6.07, 6.45) is 44.7. The summed E-state index contributed by atoms with van der Waals surface area (Å²) in [6.45, 7) is 11.7. The molecular formula is C47H97NO3. The van der Waals surface area contributed by atoms with Gasteiger partial charge < -0.3 is 15.3 Å². The van der Waals surface area contributed by atoms with Gasteiger partial charge in [0.1, 0.15) is 0 Å². The molecule has 0 amide bonds. The van der Waals surface area contributed by atoms with Gasteiger partial charge in [0, 0.05) is 19.7 Å². The SMILES string of the molecule is CCCCCCCC(CCCCC)CCCCCCC(O)CN(CCCCCO)CC(O)CCCCCCC(CCCCC)CCCCCCC. The second-order valence-corrected chi connectivity index (χ2v) is 17.0. The van der Waals surface area contributed by atoms with E-state index in [0.717, 1.165) is 63.3 Å². The average Bonchev–Trinajstić information content (AvgIpc) is 3.12. The Bertz CT molecular complexity index is 597. The highest BCUT2D eigenvalue weighted by molar-refractivity contribution is 4.71. The second-order valence-electron chi connectivity index (χ2n) is 17.0. The van der Waals surface area contributed by atoms with Crippen LogP contribution in [0.2, 0.25) is 0 Å². The fraction of sp³-hybridized carbons (Fsp3) is 1.00. The smallest absolute Gasteiger partial charge is 0.0667 e. The van der Waals surface area contributed by atoms with E-state index >= 15 is 0 Å². The number of nitrogens with zero attached hydrogens (tertiary/aromatic N) is 1. The van der Waals surface area contributed by atoms with Gasteiger partial charge in [0.2, 0.25) is 0 Å². The van der Waals surface area contributed by atoms with Crippen LogP contribution in [0.4, 0.5) is 0 Å². The van der Waals surface area contributed by atoms with Crippen molar-refractivity contribution in [3.05, 3.63) is 0 Å². The monoisotopic (exact) mass is 724 g/mol. The molecule has 0 aromatic carbocycles. The van der Waals surface area contributed by atoms with Crippen LogP contribution in [0.25, 0.3) is 0 Å². The van der Waals surface area contributed by atoms with Crippen LogP contribution < -0.4 is 0 Å². The standard InChI is InChI=1S/C47H97NO3/c1-5-9-13-15-24-34-44(32-22-11-7-3)36-26-17-19-28-38-46(50)42-48(40-30-21-31-41-49)43-47(51)39-29-20-18-27-37-45(33-23-12-8-4)35-25-16-14-10-6-2/h44-47,49-51H,5-43H2,1-4H3. The minimum atomic E-state index is -0.308. The molecule has 0 aliphatic heterocycles. The summed E-state index contributed by atoms with van der Waals surface area (Å²) in [6, 6.07) is 0. The molecule has 0 aromatic rings. The second kappa shape index (κ2) is 41.0. The summed E-state index contributed by atoms with van der Waals surface area (Å²) in [5.74, 6) is 1.86. The Morgan fingerprint density at radius 3 is 0.941 bits per heavy atom. The van der Waals surface area contributed by atoms with E-state index in [2.05, 4.69) is 32.6 Å². The van der Waals surface area contributed by atoms with E-state index in [1.807, 2.05) is 0 Å². The van der Waals surface area contributed by atoms with Crippen molar-refractivity contribution >= 4 is 0 Å². The Hall–Kier alpha value is -0.160. The van der Waals surface area contributed by atoms with Gasteiger partial charge in [-0.3, -0.25) is 4.90 Å². The zero-order valence-electron chi connectivity index (χ0n) is 35.7. The quantitative estimate of drug-likeness (QED) is 0.0548. The number of rotatable bonds is 43. The van der Waals surface area contributed by atoms with E-state index in [1.165, 1.54) is 180 Å². The first kappa shape index (κ1) is 50.8. The number of aliphatic hydroxyl groups is 3. The molecule has 308 valence electrons. The molecule has 4 atom stereocenters. The summed E-state index contributed by atoms with van der Waals surface area (Å²) < 4.78 is 0. The summed E-state index contributed by atoms with van der Waals surface area (Å²) in [4.78, 5) is 2.32. The van der Waals surface area contributed by atoms with Crippen LogP contribution in [-0.4, -0.2) is 58.7 Å². The Morgan fingerprint density at radius 1 is 0.333 bits per heavy atom. The van der Waals surface area contributed by atoms with E-state index in [0.29, 0.717) is 13.1 Å². The molecule has 0 radical (unpaired) electrons. The zero-order valence-corrected chi connectivity index (χ0v) is 35.7. The van der Waals surface area contributed by atoms with Gasteiger partial charge in [0.05, 0.1) is 12.2 Å². The van der Waals surface area contributed by atoms with Crippen molar-refractivity contribution in [2.75, 3.05) is 26.2 Å². The lowest BCUT2D eigenvalue weighted by Gasteiger charge is -2.27. The molecule has 4 nitrogen and oxygen atoms in total. The van der Waals surface area contributed by atoms with Gasteiger partial charge in [-0.2, -0.15) is 0 Å². The fourth-order valence-corrected chi connectivity index (χ4v) is 8.30. The summed E-state index contributed by atoms with van der Waals surface area (Å²) in [5.41, 5.74) is 0. The molecule has 4 heteroatoms. The van der Waals surface area contributed by atoms with E-state index in [-0.39, 0.29) is 18.8 Å². The molecule has 0 heterocycles. The van der Waals surface area contributed by atoms with Gasteiger partial charge in [-0.25, -0.2) is 0 Å². The highest BCUT2D eigenvalue weighted by atomic mass is 16.3. The van der Waals surface area contributed by atoms with Gasteiger partial charge in [0.15, 0.2) is 0 Å². The van der Waals surface area contributed by atoms with Crippen LogP contribution >= 0.6 is 0 Å². The molecule has 0 saturated heterocycles. The zero-order chi connectivity index (χ0) is 37.5. The van der Waals surface area contributed by atoms with Crippen molar-refractivity contribution < 1.29 is 15.3 Å². The summed E-state index contributed by atoms with van der Waals surface area (Å²) in [7, 11) is 0. The predicted molar refractivity (Wildman–Crippen MR) is 227 cm³/mol. The van der Waals surface area contributed by atoms with Crippen LogP contribution in [-0.2, 0) is 0 Å². The van der Waals surface area contributed by atoms with Gasteiger partial charge >= 0.3 is 0 Å². The maximum atomic E-state index is 11.0. The van der Waals surface area contributed by atoms with Crippen LogP contribution in [0.1, 0.15) is 252 Å². The Morgan fingerprint density at radius 2 is 0.608 bits per heavy atom. The minimum Gasteiger partial charge on any atom is -0.396 e. The van der Waals surface area contributed by atoms with Crippen molar-refractivity contribution in [3.8, 4) is 0 Å². The third-order valence-corrected chi connectivity index (χ3v) is 11.7. The molecular weight excluding hydrogens is 627 g/mol. The van der Waals surface area contributed by atoms with E-state index < -0.39 is 0 Å². The molecule has 0 aliphatic carbocycles. The molecule has 0 rings (SSSR count). The van der Waals surface area contributed by atoms with Crippen molar-refractivity contribution in [3.63, 3.8) is 0 Å². The van der Waals surface area contributed by atoms with Crippen LogP contribution in [0.5, 0.6) is 0 Å². The van der Waals surface area contributed by atoms with Crippen LogP contribution in [0.15, 0.2) is 0 Å². The Kier molecular flexibility index (Phi) is 40.9. The van der Waals surface area contributed by atoms with Gasteiger partial charge in [-0.15, -0.1) is 0 Å². The van der Waals surface area contributed by atoms with Crippen molar-refractivity contribution in [2.24, 2.45) is 11.8 Å².